The quantitative estimate of drug-likeness (QED) is 0.715. The Labute approximate surface area is 161 Å². The molecule has 0 unspecified atom stereocenters. The molecule has 27 heavy (non-hydrogen) atoms. The summed E-state index contributed by atoms with van der Waals surface area (Å²) >= 11 is 0.737. The molecule has 0 bridgehead atoms. The van der Waals surface area contributed by atoms with Crippen LogP contribution < -0.4 is 0 Å². The molecular formula is C17H20N2O6S2. The highest BCUT2D eigenvalue weighted by Gasteiger charge is 2.40. The largest absolute Gasteiger partial charge is 0.465 e. The van der Waals surface area contributed by atoms with Crippen LogP contribution in [0.3, 0.4) is 0 Å². The van der Waals surface area contributed by atoms with Crippen LogP contribution in [0.4, 0.5) is 0 Å². The molecule has 146 valence electrons. The number of nitrogens with zero attached hydrogens (tertiary/aromatic N) is 2. The maximum Gasteiger partial charge on any atom is 0.348 e. The lowest BCUT2D eigenvalue weighted by Gasteiger charge is -2.33. The maximum atomic E-state index is 13.4. The first-order valence-corrected chi connectivity index (χ1v) is 10.5. The third-order valence-electron chi connectivity index (χ3n) is 4.70. The summed E-state index contributed by atoms with van der Waals surface area (Å²) < 4.78 is 39.5. The lowest BCUT2D eigenvalue weighted by molar-refractivity contribution is 0.0596. The Morgan fingerprint density at radius 2 is 1.85 bits per heavy atom. The number of rotatable bonds is 4. The Kier molecular flexibility index (Phi) is 5.15. The molecule has 0 aromatic carbocycles. The number of thiophene rings is 1. The Bertz CT molecular complexity index is 1000. The van der Waals surface area contributed by atoms with Gasteiger partial charge in [0.15, 0.2) is 4.21 Å². The van der Waals surface area contributed by atoms with Crippen molar-refractivity contribution in [1.82, 2.24) is 8.87 Å². The molecule has 8 nitrogen and oxygen atoms in total. The number of carbonyl (C=O) groups is 2. The highest BCUT2D eigenvalue weighted by Crippen LogP contribution is 2.38. The van der Waals surface area contributed by atoms with E-state index in [-0.39, 0.29) is 26.8 Å². The Hall–Kier alpha value is -2.17. The van der Waals surface area contributed by atoms with Gasteiger partial charge in [-0.3, -0.25) is 0 Å². The molecule has 1 aliphatic heterocycles. The number of aromatic nitrogens is 1. The van der Waals surface area contributed by atoms with E-state index < -0.39 is 28.0 Å². The molecule has 2 aromatic heterocycles. The minimum absolute atomic E-state index is 0.0736. The van der Waals surface area contributed by atoms with Crippen molar-refractivity contribution in [3.05, 3.63) is 40.0 Å². The second-order valence-electron chi connectivity index (χ2n) is 6.12. The fourth-order valence-electron chi connectivity index (χ4n) is 3.29. The van der Waals surface area contributed by atoms with Crippen LogP contribution in [0.15, 0.2) is 22.5 Å². The smallest absolute Gasteiger partial charge is 0.348 e. The Morgan fingerprint density at radius 1 is 1.19 bits per heavy atom. The second-order valence-corrected chi connectivity index (χ2v) is 9.23. The molecule has 3 rings (SSSR count). The molecular weight excluding hydrogens is 392 g/mol. The van der Waals surface area contributed by atoms with Gasteiger partial charge < -0.3 is 14.0 Å². The molecule has 0 saturated carbocycles. The first-order valence-electron chi connectivity index (χ1n) is 8.21. The molecule has 0 amide bonds. The zero-order valence-corrected chi connectivity index (χ0v) is 17.0. The summed E-state index contributed by atoms with van der Waals surface area (Å²) in [6, 6.07) is 3.33. The summed E-state index contributed by atoms with van der Waals surface area (Å²) in [5.74, 6) is -1.49. The van der Waals surface area contributed by atoms with Crippen LogP contribution >= 0.6 is 11.3 Å². The summed E-state index contributed by atoms with van der Waals surface area (Å²) in [5, 5.41) is 0. The predicted molar refractivity (Wildman–Crippen MR) is 98.5 cm³/mol. The average molecular weight is 412 g/mol. The van der Waals surface area contributed by atoms with Crippen molar-refractivity contribution in [3.63, 3.8) is 0 Å². The van der Waals surface area contributed by atoms with E-state index in [1.807, 2.05) is 22.9 Å². The van der Waals surface area contributed by atoms with Crippen LogP contribution in [0.5, 0.6) is 0 Å². The van der Waals surface area contributed by atoms with E-state index in [2.05, 4.69) is 0 Å². The molecule has 1 aliphatic rings. The standard InChI is InChI=1S/C17H20N2O6S2/c1-10-13(15(20)24-3)17(26-14(10)16(21)25-4)27(22,23)19-9-8-18-7-5-6-12(18)11(19)2/h5-7,11H,8-9H2,1-4H3/t11-/m1/s1. The van der Waals surface area contributed by atoms with E-state index in [1.165, 1.54) is 25.4 Å². The first-order chi connectivity index (χ1) is 12.7. The second kappa shape index (κ2) is 7.10. The molecule has 2 aromatic rings. The lowest BCUT2D eigenvalue weighted by Crippen LogP contribution is -2.40. The number of hydrogen-bond acceptors (Lipinski definition) is 7. The van der Waals surface area contributed by atoms with Gasteiger partial charge in [0, 0.05) is 25.0 Å². The molecule has 0 radical (unpaired) electrons. The number of methoxy groups -OCH3 is 2. The van der Waals surface area contributed by atoms with E-state index in [9.17, 15) is 18.0 Å². The van der Waals surface area contributed by atoms with Crippen molar-refractivity contribution in [2.45, 2.75) is 30.6 Å². The number of sulfonamides is 1. The highest BCUT2D eigenvalue weighted by atomic mass is 32.2. The van der Waals surface area contributed by atoms with Crippen molar-refractivity contribution < 1.29 is 27.5 Å². The molecule has 3 heterocycles. The minimum Gasteiger partial charge on any atom is -0.465 e. The van der Waals surface area contributed by atoms with Crippen molar-refractivity contribution in [3.8, 4) is 0 Å². The minimum atomic E-state index is -4.03. The monoisotopic (exact) mass is 412 g/mol. The number of esters is 2. The molecule has 0 spiro atoms. The predicted octanol–water partition coefficient (Wildman–Crippen LogP) is 2.20. The van der Waals surface area contributed by atoms with Gasteiger partial charge in [0.05, 0.1) is 25.8 Å². The summed E-state index contributed by atoms with van der Waals surface area (Å²) in [7, 11) is -1.66. The van der Waals surface area contributed by atoms with Crippen LogP contribution in [0.25, 0.3) is 0 Å². The molecule has 0 saturated heterocycles. The summed E-state index contributed by atoms with van der Waals surface area (Å²) in [5.41, 5.74) is 0.993. The van der Waals surface area contributed by atoms with Gasteiger partial charge in [-0.1, -0.05) is 0 Å². The fraction of sp³-hybridized carbons (Fsp3) is 0.412. The zero-order valence-electron chi connectivity index (χ0n) is 15.4. The molecule has 0 aliphatic carbocycles. The van der Waals surface area contributed by atoms with Crippen LogP contribution in [-0.4, -0.2) is 50.0 Å². The SMILES string of the molecule is COC(=O)c1sc(S(=O)(=O)N2CCn3cccc3[C@H]2C)c(C(=O)OC)c1C. The average Bonchev–Trinajstić information content (AvgIpc) is 3.25. The third-order valence-corrected chi connectivity index (χ3v) is 8.44. The lowest BCUT2D eigenvalue weighted by atomic mass is 10.2. The van der Waals surface area contributed by atoms with Gasteiger partial charge in [-0.25, -0.2) is 18.0 Å². The number of ether oxygens (including phenoxy) is 2. The summed E-state index contributed by atoms with van der Waals surface area (Å²) in [4.78, 5) is 24.4. The van der Waals surface area contributed by atoms with Gasteiger partial charge in [0.1, 0.15) is 4.88 Å². The fourth-order valence-corrected chi connectivity index (χ4v) is 6.74. The Morgan fingerprint density at radius 3 is 2.48 bits per heavy atom. The molecule has 10 heteroatoms. The van der Waals surface area contributed by atoms with Crippen LogP contribution in [0.2, 0.25) is 0 Å². The Balaban J connectivity index is 2.14. The van der Waals surface area contributed by atoms with E-state index in [4.69, 9.17) is 9.47 Å². The van der Waals surface area contributed by atoms with Gasteiger partial charge >= 0.3 is 11.9 Å². The highest BCUT2D eigenvalue weighted by molar-refractivity contribution is 7.91. The normalized spacial score (nSPS) is 17.4. The zero-order chi connectivity index (χ0) is 19.9. The van der Waals surface area contributed by atoms with Crippen LogP contribution in [0, 0.1) is 6.92 Å². The van der Waals surface area contributed by atoms with E-state index in [0.717, 1.165) is 17.0 Å². The van der Waals surface area contributed by atoms with Gasteiger partial charge in [-0.05, 0) is 31.5 Å². The number of hydrogen-bond donors (Lipinski definition) is 0. The summed E-state index contributed by atoms with van der Waals surface area (Å²) in [6.45, 7) is 4.07. The van der Waals surface area contributed by atoms with Crippen molar-refractivity contribution in [2.24, 2.45) is 0 Å². The number of fused-ring (bicyclic) bond motifs is 1. The van der Waals surface area contributed by atoms with Gasteiger partial charge in [0.25, 0.3) is 10.0 Å². The molecule has 0 fully saturated rings. The van der Waals surface area contributed by atoms with Gasteiger partial charge in [-0.2, -0.15) is 4.31 Å². The van der Waals surface area contributed by atoms with Crippen LogP contribution in [-0.2, 0) is 26.0 Å². The maximum absolute atomic E-state index is 13.4. The van der Waals surface area contributed by atoms with Crippen LogP contribution in [0.1, 0.15) is 44.3 Å². The first kappa shape index (κ1) is 19.6. The number of carbonyl (C=O) groups excluding carboxylic acids is 2. The van der Waals surface area contributed by atoms with Gasteiger partial charge in [-0.15, -0.1) is 11.3 Å². The topological polar surface area (TPSA) is 94.9 Å². The third kappa shape index (κ3) is 3.07. The van der Waals surface area contributed by atoms with E-state index >= 15 is 0 Å². The van der Waals surface area contributed by atoms with Gasteiger partial charge in [0.2, 0.25) is 0 Å². The van der Waals surface area contributed by atoms with Crippen molar-refractivity contribution in [2.75, 3.05) is 20.8 Å². The summed E-state index contributed by atoms with van der Waals surface area (Å²) in [6.07, 6.45) is 1.90. The van der Waals surface area contributed by atoms with Crippen molar-refractivity contribution >= 4 is 33.3 Å². The van der Waals surface area contributed by atoms with E-state index in [1.54, 1.807) is 6.92 Å². The van der Waals surface area contributed by atoms with Crippen molar-refractivity contribution in [1.29, 1.82) is 0 Å². The molecule has 1 atom stereocenters. The molecule has 0 N–H and O–H groups in total. The van der Waals surface area contributed by atoms with E-state index in [0.29, 0.717) is 6.54 Å².